The maximum Gasteiger partial charge on any atom is 0.200 e. The van der Waals surface area contributed by atoms with Crippen molar-refractivity contribution in [3.05, 3.63) is 35.0 Å². The second-order valence-corrected chi connectivity index (χ2v) is 4.45. The third kappa shape index (κ3) is 3.56. The molecule has 0 saturated heterocycles. The molecule has 1 aromatic heterocycles. The van der Waals surface area contributed by atoms with Crippen molar-refractivity contribution in [3.63, 3.8) is 0 Å². The van der Waals surface area contributed by atoms with Gasteiger partial charge in [0.15, 0.2) is 17.1 Å². The van der Waals surface area contributed by atoms with Crippen molar-refractivity contribution in [1.29, 1.82) is 0 Å². The molecule has 102 valence electrons. The summed E-state index contributed by atoms with van der Waals surface area (Å²) >= 11 is 5.99. The van der Waals surface area contributed by atoms with Crippen molar-refractivity contribution < 1.29 is 18.7 Å². The Labute approximate surface area is 116 Å². The second-order valence-electron chi connectivity index (χ2n) is 4.05. The van der Waals surface area contributed by atoms with E-state index in [1.165, 1.54) is 0 Å². The van der Waals surface area contributed by atoms with Crippen molar-refractivity contribution in [2.45, 2.75) is 6.42 Å². The fourth-order valence-corrected chi connectivity index (χ4v) is 1.92. The number of halogens is 1. The van der Waals surface area contributed by atoms with Crippen LogP contribution in [0.5, 0.6) is 0 Å². The van der Waals surface area contributed by atoms with Crippen LogP contribution in [0.4, 0.5) is 0 Å². The number of ether oxygens (including phenoxy) is 2. The Morgan fingerprint density at radius 3 is 2.89 bits per heavy atom. The molecular weight excluding hydrogens is 268 g/mol. The summed E-state index contributed by atoms with van der Waals surface area (Å²) in [6.45, 7) is 1.36. The van der Waals surface area contributed by atoms with Crippen LogP contribution in [-0.2, 0) is 9.47 Å². The molecule has 0 radical (unpaired) electrons. The molecule has 0 aliphatic carbocycles. The van der Waals surface area contributed by atoms with E-state index >= 15 is 0 Å². The van der Waals surface area contributed by atoms with E-state index in [2.05, 4.69) is 0 Å². The first-order valence-electron chi connectivity index (χ1n) is 6.00. The fourth-order valence-electron chi connectivity index (χ4n) is 1.70. The van der Waals surface area contributed by atoms with Crippen molar-refractivity contribution in [2.75, 3.05) is 26.9 Å². The number of ketones is 1. The van der Waals surface area contributed by atoms with Gasteiger partial charge in [-0.3, -0.25) is 4.79 Å². The summed E-state index contributed by atoms with van der Waals surface area (Å²) in [6.07, 6.45) is 0.279. The van der Waals surface area contributed by atoms with Gasteiger partial charge in [-0.25, -0.2) is 0 Å². The number of hydrogen-bond acceptors (Lipinski definition) is 4. The SMILES string of the molecule is COCCOCCC(=O)c1cc2cccc(Cl)c2o1. The van der Waals surface area contributed by atoms with Gasteiger partial charge in [-0.2, -0.15) is 0 Å². The Bertz CT molecular complexity index is 562. The lowest BCUT2D eigenvalue weighted by Crippen LogP contribution is -2.07. The Hall–Kier alpha value is -1.36. The molecule has 0 amide bonds. The Morgan fingerprint density at radius 1 is 1.32 bits per heavy atom. The molecule has 0 saturated carbocycles. The van der Waals surface area contributed by atoms with Crippen molar-refractivity contribution in [3.8, 4) is 0 Å². The average Bonchev–Trinajstić information content (AvgIpc) is 2.84. The molecule has 2 rings (SSSR count). The number of furan rings is 1. The van der Waals surface area contributed by atoms with E-state index in [9.17, 15) is 4.79 Å². The fraction of sp³-hybridized carbons (Fsp3) is 0.357. The highest BCUT2D eigenvalue weighted by Gasteiger charge is 2.13. The van der Waals surface area contributed by atoms with Gasteiger partial charge in [0, 0.05) is 18.9 Å². The third-order valence-corrected chi connectivity index (χ3v) is 2.97. The predicted octanol–water partition coefficient (Wildman–Crippen LogP) is 3.32. The summed E-state index contributed by atoms with van der Waals surface area (Å²) in [5, 5.41) is 1.34. The van der Waals surface area contributed by atoms with Crippen LogP contribution in [0.3, 0.4) is 0 Å². The highest BCUT2D eigenvalue weighted by atomic mass is 35.5. The largest absolute Gasteiger partial charge is 0.451 e. The highest BCUT2D eigenvalue weighted by Crippen LogP contribution is 2.27. The summed E-state index contributed by atoms with van der Waals surface area (Å²) in [5.74, 6) is 0.225. The number of carbonyl (C=O) groups excluding carboxylic acids is 1. The molecule has 1 heterocycles. The molecular formula is C14H15ClO4. The zero-order chi connectivity index (χ0) is 13.7. The maximum absolute atomic E-state index is 11.9. The van der Waals surface area contributed by atoms with E-state index < -0.39 is 0 Å². The van der Waals surface area contributed by atoms with E-state index in [1.807, 2.05) is 12.1 Å². The van der Waals surface area contributed by atoms with Gasteiger partial charge in [0.05, 0.1) is 24.8 Å². The lowest BCUT2D eigenvalue weighted by molar-refractivity contribution is 0.0632. The van der Waals surface area contributed by atoms with Crippen LogP contribution in [0.25, 0.3) is 11.0 Å². The van der Waals surface area contributed by atoms with Crippen molar-refractivity contribution >= 4 is 28.4 Å². The van der Waals surface area contributed by atoms with E-state index in [0.717, 1.165) is 5.39 Å². The van der Waals surface area contributed by atoms with Crippen LogP contribution >= 0.6 is 11.6 Å². The standard InChI is InChI=1S/C14H15ClO4/c1-17-7-8-18-6-5-12(16)13-9-10-3-2-4-11(15)14(10)19-13/h2-4,9H,5-8H2,1H3. The first-order valence-corrected chi connectivity index (χ1v) is 6.38. The number of rotatable bonds is 7. The van der Waals surface area contributed by atoms with Gasteiger partial charge in [0.2, 0.25) is 0 Å². The van der Waals surface area contributed by atoms with E-state index in [-0.39, 0.29) is 12.2 Å². The number of methoxy groups -OCH3 is 1. The smallest absolute Gasteiger partial charge is 0.200 e. The van der Waals surface area contributed by atoms with Gasteiger partial charge >= 0.3 is 0 Å². The van der Waals surface area contributed by atoms with Gasteiger partial charge in [0.25, 0.3) is 0 Å². The zero-order valence-electron chi connectivity index (χ0n) is 10.6. The number of para-hydroxylation sites is 1. The molecule has 2 aromatic rings. The molecule has 0 bridgehead atoms. The normalized spacial score (nSPS) is 11.1. The number of benzene rings is 1. The summed E-state index contributed by atoms with van der Waals surface area (Å²) in [5.41, 5.74) is 0.549. The predicted molar refractivity (Wildman–Crippen MR) is 72.9 cm³/mol. The first-order chi connectivity index (χ1) is 9.22. The zero-order valence-corrected chi connectivity index (χ0v) is 11.4. The van der Waals surface area contributed by atoms with Crippen LogP contribution in [0.2, 0.25) is 5.02 Å². The van der Waals surface area contributed by atoms with Gasteiger partial charge in [0.1, 0.15) is 0 Å². The van der Waals surface area contributed by atoms with Crippen LogP contribution in [-0.4, -0.2) is 32.7 Å². The van der Waals surface area contributed by atoms with Crippen molar-refractivity contribution in [1.82, 2.24) is 0 Å². The quantitative estimate of drug-likeness (QED) is 0.577. The van der Waals surface area contributed by atoms with E-state index in [0.29, 0.717) is 36.2 Å². The van der Waals surface area contributed by atoms with Crippen LogP contribution in [0, 0.1) is 0 Å². The van der Waals surface area contributed by atoms with Gasteiger partial charge in [-0.1, -0.05) is 23.7 Å². The Kier molecular flexibility index (Phi) is 4.96. The topological polar surface area (TPSA) is 48.7 Å². The molecule has 1 aromatic carbocycles. The molecule has 0 aliphatic rings. The Morgan fingerprint density at radius 2 is 2.16 bits per heavy atom. The Balaban J connectivity index is 1.96. The molecule has 0 spiro atoms. The molecule has 5 heteroatoms. The van der Waals surface area contributed by atoms with Crippen LogP contribution in [0.15, 0.2) is 28.7 Å². The molecule has 0 atom stereocenters. The summed E-state index contributed by atoms with van der Waals surface area (Å²) in [6, 6.07) is 7.12. The molecule has 0 unspecified atom stereocenters. The molecule has 0 N–H and O–H groups in total. The highest BCUT2D eigenvalue weighted by molar-refractivity contribution is 6.34. The summed E-state index contributed by atoms with van der Waals surface area (Å²) in [4.78, 5) is 11.9. The van der Waals surface area contributed by atoms with Crippen LogP contribution < -0.4 is 0 Å². The monoisotopic (exact) mass is 282 g/mol. The van der Waals surface area contributed by atoms with Crippen molar-refractivity contribution in [2.24, 2.45) is 0 Å². The minimum atomic E-state index is -0.0929. The third-order valence-electron chi connectivity index (χ3n) is 2.68. The number of carbonyl (C=O) groups is 1. The second kappa shape index (κ2) is 6.70. The summed E-state index contributed by atoms with van der Waals surface area (Å²) in [7, 11) is 1.60. The molecule has 4 nitrogen and oxygen atoms in total. The van der Waals surface area contributed by atoms with Crippen LogP contribution in [0.1, 0.15) is 17.0 Å². The minimum Gasteiger partial charge on any atom is -0.451 e. The summed E-state index contributed by atoms with van der Waals surface area (Å²) < 4.78 is 15.6. The molecule has 19 heavy (non-hydrogen) atoms. The number of Topliss-reactive ketones (excluding diaryl/α,β-unsaturated/α-hetero) is 1. The van der Waals surface area contributed by atoms with E-state index in [1.54, 1.807) is 19.2 Å². The van der Waals surface area contributed by atoms with E-state index in [4.69, 9.17) is 25.5 Å². The maximum atomic E-state index is 11.9. The molecule has 0 aliphatic heterocycles. The first kappa shape index (κ1) is 14.1. The lowest BCUT2D eigenvalue weighted by Gasteiger charge is -2.01. The van der Waals surface area contributed by atoms with Gasteiger partial charge in [-0.15, -0.1) is 0 Å². The minimum absolute atomic E-state index is 0.0929. The van der Waals surface area contributed by atoms with Gasteiger partial charge < -0.3 is 13.9 Å². The van der Waals surface area contributed by atoms with Gasteiger partial charge in [-0.05, 0) is 12.1 Å². The lowest BCUT2D eigenvalue weighted by atomic mass is 10.2. The average molecular weight is 283 g/mol. The molecule has 0 fully saturated rings. The number of hydrogen-bond donors (Lipinski definition) is 0. The number of fused-ring (bicyclic) bond motifs is 1.